The van der Waals surface area contributed by atoms with Gasteiger partial charge in [-0.2, -0.15) is 0 Å². The molecule has 0 radical (unpaired) electrons. The molecular weight excluding hydrogens is 589 g/mol. The largest absolute Gasteiger partial charge is 0.337 e. The fourth-order valence-electron chi connectivity index (χ4n) is 5.60. The molecular formula is C36H25Cl2N5O. The molecule has 4 aromatic carbocycles. The van der Waals surface area contributed by atoms with Crippen molar-refractivity contribution in [2.75, 3.05) is 5.32 Å². The average Bonchev–Trinajstić information content (AvgIpc) is 3.46. The average molecular weight is 615 g/mol. The molecule has 0 spiro atoms. The molecule has 0 fully saturated rings. The number of carbonyl (C=O) groups is 1. The van der Waals surface area contributed by atoms with Gasteiger partial charge in [-0.05, 0) is 76.9 Å². The minimum atomic E-state index is -0.328. The predicted octanol–water partition coefficient (Wildman–Crippen LogP) is 8.92. The van der Waals surface area contributed by atoms with Gasteiger partial charge in [0, 0.05) is 39.8 Å². The second-order valence-corrected chi connectivity index (χ2v) is 11.5. The van der Waals surface area contributed by atoms with E-state index in [4.69, 9.17) is 28.2 Å². The van der Waals surface area contributed by atoms with Crippen LogP contribution in [0.3, 0.4) is 0 Å². The number of amides is 1. The molecule has 1 unspecified atom stereocenters. The molecule has 3 aromatic heterocycles. The van der Waals surface area contributed by atoms with E-state index in [9.17, 15) is 4.79 Å². The molecule has 0 saturated carbocycles. The Hall–Kier alpha value is -5.04. The summed E-state index contributed by atoms with van der Waals surface area (Å²) >= 11 is 12.7. The summed E-state index contributed by atoms with van der Waals surface area (Å²) in [7, 11) is 1.99. The number of carbonyl (C=O) groups excluding carboxylic acids is 1. The van der Waals surface area contributed by atoms with Crippen LogP contribution in [-0.4, -0.2) is 25.4 Å². The van der Waals surface area contributed by atoms with Gasteiger partial charge < -0.3 is 9.88 Å². The number of hydrogen-bond donors (Lipinski definition) is 1. The summed E-state index contributed by atoms with van der Waals surface area (Å²) in [5, 5.41) is 6.09. The first-order valence-corrected chi connectivity index (χ1v) is 14.8. The van der Waals surface area contributed by atoms with Gasteiger partial charge in [-0.25, -0.2) is 9.97 Å². The summed E-state index contributed by atoms with van der Waals surface area (Å²) in [6.07, 6.45) is 5.34. The summed E-state index contributed by atoms with van der Waals surface area (Å²) in [4.78, 5) is 27.2. The number of aromatic nitrogens is 4. The quantitative estimate of drug-likeness (QED) is 0.203. The number of nitrogens with one attached hydrogen (secondary N) is 1. The Morgan fingerprint density at radius 2 is 1.61 bits per heavy atom. The van der Waals surface area contributed by atoms with E-state index in [1.54, 1.807) is 12.5 Å². The normalized spacial score (nSPS) is 12.0. The zero-order valence-electron chi connectivity index (χ0n) is 23.6. The summed E-state index contributed by atoms with van der Waals surface area (Å²) in [5.74, 6) is -0.440. The lowest BCUT2D eigenvalue weighted by atomic mass is 9.87. The number of benzene rings is 4. The first-order chi connectivity index (χ1) is 21.4. The lowest BCUT2D eigenvalue weighted by molar-refractivity contribution is 0.102. The molecule has 7 aromatic rings. The topological polar surface area (TPSA) is 72.7 Å². The molecule has 0 aliphatic rings. The summed E-state index contributed by atoms with van der Waals surface area (Å²) in [5.41, 5.74) is 7.32. The lowest BCUT2D eigenvalue weighted by Gasteiger charge is -2.20. The Bertz CT molecular complexity index is 2170. The Kier molecular flexibility index (Phi) is 7.30. The van der Waals surface area contributed by atoms with Gasteiger partial charge >= 0.3 is 0 Å². The van der Waals surface area contributed by atoms with Crippen LogP contribution >= 0.6 is 23.2 Å². The van der Waals surface area contributed by atoms with E-state index in [1.165, 1.54) is 0 Å². The highest BCUT2D eigenvalue weighted by atomic mass is 35.5. The van der Waals surface area contributed by atoms with Crippen LogP contribution < -0.4 is 5.32 Å². The fraction of sp³-hybridized carbons (Fsp3) is 0.0556. The minimum absolute atomic E-state index is 0.111. The number of hydrogen-bond acceptors (Lipinski definition) is 4. The number of aryl methyl sites for hydroxylation is 1. The molecule has 7 rings (SSSR count). The number of halogens is 2. The van der Waals surface area contributed by atoms with Gasteiger partial charge in [0.25, 0.3) is 5.91 Å². The molecule has 1 atom stereocenters. The van der Waals surface area contributed by atoms with Crippen molar-refractivity contribution in [1.29, 1.82) is 0 Å². The van der Waals surface area contributed by atoms with E-state index in [0.717, 1.165) is 44.2 Å². The van der Waals surface area contributed by atoms with Gasteiger partial charge in [-0.15, -0.1) is 0 Å². The third kappa shape index (κ3) is 5.41. The summed E-state index contributed by atoms with van der Waals surface area (Å²) < 4.78 is 2.02. The molecule has 6 nitrogen and oxygen atoms in total. The molecule has 0 aliphatic heterocycles. The van der Waals surface area contributed by atoms with Crippen LogP contribution in [0.2, 0.25) is 10.0 Å². The zero-order valence-corrected chi connectivity index (χ0v) is 25.1. The van der Waals surface area contributed by atoms with Crippen molar-refractivity contribution in [3.8, 4) is 11.1 Å². The highest BCUT2D eigenvalue weighted by Crippen LogP contribution is 2.37. The van der Waals surface area contributed by atoms with Gasteiger partial charge in [0.1, 0.15) is 5.69 Å². The standard InChI is InChI=1S/C36H25Cl2N5O/c1-43-21-39-20-34(43)35(22-9-12-26(37)13-10-22)25-11-14-32-30(17-25)29(23-6-4-7-27(38)15-23)18-33(42-32)36(44)41-28-16-24-5-2-3-8-31(24)40-19-28/h2-21,35H,1H3,(H,41,44). The smallest absolute Gasteiger partial charge is 0.274 e. The molecule has 0 aliphatic carbocycles. The predicted molar refractivity (Wildman–Crippen MR) is 177 cm³/mol. The maximum Gasteiger partial charge on any atom is 0.274 e. The first kappa shape index (κ1) is 27.8. The van der Waals surface area contributed by atoms with Gasteiger partial charge in [0.2, 0.25) is 0 Å². The van der Waals surface area contributed by atoms with Crippen LogP contribution in [0.1, 0.15) is 33.2 Å². The number of pyridine rings is 2. The Morgan fingerprint density at radius 1 is 0.795 bits per heavy atom. The molecule has 3 heterocycles. The van der Waals surface area contributed by atoms with Crippen molar-refractivity contribution in [2.45, 2.75) is 5.92 Å². The van der Waals surface area contributed by atoms with Crippen LogP contribution in [0.25, 0.3) is 32.9 Å². The summed E-state index contributed by atoms with van der Waals surface area (Å²) in [6, 6.07) is 33.1. The van der Waals surface area contributed by atoms with Gasteiger partial charge in [0.05, 0.1) is 35.2 Å². The van der Waals surface area contributed by atoms with Crippen LogP contribution in [0.4, 0.5) is 5.69 Å². The number of rotatable bonds is 6. The lowest BCUT2D eigenvalue weighted by Crippen LogP contribution is -2.14. The van der Waals surface area contributed by atoms with E-state index in [-0.39, 0.29) is 17.5 Å². The van der Waals surface area contributed by atoms with E-state index in [2.05, 4.69) is 27.4 Å². The van der Waals surface area contributed by atoms with Crippen molar-refractivity contribution in [2.24, 2.45) is 7.05 Å². The van der Waals surface area contributed by atoms with Crippen LogP contribution in [0.5, 0.6) is 0 Å². The highest BCUT2D eigenvalue weighted by Gasteiger charge is 2.22. The third-order valence-corrected chi connectivity index (χ3v) is 8.22. The molecule has 1 N–H and O–H groups in total. The minimum Gasteiger partial charge on any atom is -0.337 e. The van der Waals surface area contributed by atoms with Crippen LogP contribution in [0.15, 0.2) is 122 Å². The summed E-state index contributed by atoms with van der Waals surface area (Å²) in [6.45, 7) is 0. The van der Waals surface area contributed by atoms with Crippen molar-refractivity contribution >= 4 is 56.6 Å². The molecule has 0 bridgehead atoms. The third-order valence-electron chi connectivity index (χ3n) is 7.74. The highest BCUT2D eigenvalue weighted by molar-refractivity contribution is 6.31. The van der Waals surface area contributed by atoms with E-state index in [1.807, 2.05) is 109 Å². The van der Waals surface area contributed by atoms with E-state index < -0.39 is 0 Å². The number of imidazole rings is 1. The van der Waals surface area contributed by atoms with Crippen molar-refractivity contribution in [3.63, 3.8) is 0 Å². The number of para-hydroxylation sites is 1. The van der Waals surface area contributed by atoms with Crippen molar-refractivity contribution in [3.05, 3.63) is 154 Å². The maximum atomic E-state index is 13.6. The van der Waals surface area contributed by atoms with Crippen molar-refractivity contribution < 1.29 is 4.79 Å². The van der Waals surface area contributed by atoms with Gasteiger partial charge in [-0.1, -0.05) is 71.7 Å². The van der Waals surface area contributed by atoms with Gasteiger partial charge in [-0.3, -0.25) is 9.78 Å². The van der Waals surface area contributed by atoms with E-state index in [0.29, 0.717) is 21.2 Å². The molecule has 214 valence electrons. The second-order valence-electron chi connectivity index (χ2n) is 10.6. The van der Waals surface area contributed by atoms with Gasteiger partial charge in [0.15, 0.2) is 0 Å². The molecule has 1 amide bonds. The van der Waals surface area contributed by atoms with Crippen molar-refractivity contribution in [1.82, 2.24) is 19.5 Å². The molecule has 44 heavy (non-hydrogen) atoms. The maximum absolute atomic E-state index is 13.6. The van der Waals surface area contributed by atoms with Crippen LogP contribution in [-0.2, 0) is 7.05 Å². The van der Waals surface area contributed by atoms with E-state index >= 15 is 0 Å². The number of nitrogens with zero attached hydrogens (tertiary/aromatic N) is 4. The first-order valence-electron chi connectivity index (χ1n) is 14.0. The molecule has 8 heteroatoms. The second kappa shape index (κ2) is 11.6. The fourth-order valence-corrected chi connectivity index (χ4v) is 5.92. The molecule has 0 saturated heterocycles. The monoisotopic (exact) mass is 613 g/mol. The number of fused-ring (bicyclic) bond motifs is 2. The Balaban J connectivity index is 1.36. The zero-order chi connectivity index (χ0) is 30.2. The van der Waals surface area contributed by atoms with Crippen LogP contribution in [0, 0.1) is 0 Å². The Morgan fingerprint density at radius 3 is 2.41 bits per heavy atom. The SMILES string of the molecule is Cn1cncc1C(c1ccc(Cl)cc1)c1ccc2nc(C(=O)Nc3cnc4ccccc4c3)cc(-c3cccc(Cl)c3)c2c1. The Labute approximate surface area is 264 Å². The number of anilines is 1.